The molecule has 0 heterocycles. The van der Waals surface area contributed by atoms with Crippen LogP contribution < -0.4 is 10.6 Å². The van der Waals surface area contributed by atoms with Crippen molar-refractivity contribution in [2.45, 2.75) is 20.3 Å². The second kappa shape index (κ2) is 7.46. The monoisotopic (exact) mass is 231 g/mol. The molecule has 0 fully saturated rings. The van der Waals surface area contributed by atoms with Crippen molar-refractivity contribution in [3.8, 4) is 0 Å². The number of hydrogen-bond donors (Lipinski definition) is 3. The van der Waals surface area contributed by atoms with Crippen LogP contribution in [0.3, 0.4) is 0 Å². The Balaban J connectivity index is 3.57. The van der Waals surface area contributed by atoms with Gasteiger partial charge in [0, 0.05) is 45.8 Å². The van der Waals surface area contributed by atoms with Crippen LogP contribution in [-0.4, -0.2) is 56.4 Å². The second-order valence-corrected chi connectivity index (χ2v) is 4.63. The Labute approximate surface area is 98.2 Å². The standard InChI is InChI=1S/C11H25N3O2/c1-5-11(2,9-15)8-12-6-7-13-10(16)14(3)4/h12,15H,5-9H2,1-4H3,(H,13,16). The molecule has 0 aliphatic carbocycles. The van der Waals surface area contributed by atoms with Gasteiger partial charge in [-0.05, 0) is 6.42 Å². The summed E-state index contributed by atoms with van der Waals surface area (Å²) in [5.41, 5.74) is -0.0639. The Bertz CT molecular complexity index is 203. The van der Waals surface area contributed by atoms with E-state index in [1.165, 1.54) is 4.90 Å². The molecule has 1 atom stereocenters. The summed E-state index contributed by atoms with van der Waals surface area (Å²) in [7, 11) is 3.42. The summed E-state index contributed by atoms with van der Waals surface area (Å²) in [6, 6.07) is -0.0813. The predicted octanol–water partition coefficient (Wildman–Crippen LogP) is 0.256. The highest BCUT2D eigenvalue weighted by atomic mass is 16.3. The van der Waals surface area contributed by atoms with E-state index in [2.05, 4.69) is 17.6 Å². The number of carbonyl (C=O) groups is 1. The molecular formula is C11H25N3O2. The molecule has 3 N–H and O–H groups in total. The van der Waals surface area contributed by atoms with E-state index in [1.807, 2.05) is 6.92 Å². The number of nitrogens with zero attached hydrogens (tertiary/aromatic N) is 1. The summed E-state index contributed by atoms with van der Waals surface area (Å²) in [5.74, 6) is 0. The summed E-state index contributed by atoms with van der Waals surface area (Å²) in [4.78, 5) is 12.7. The van der Waals surface area contributed by atoms with Gasteiger partial charge in [-0.2, -0.15) is 0 Å². The minimum atomic E-state index is -0.0813. The molecular weight excluding hydrogens is 206 g/mol. The van der Waals surface area contributed by atoms with Gasteiger partial charge in [-0.15, -0.1) is 0 Å². The lowest BCUT2D eigenvalue weighted by Crippen LogP contribution is -2.41. The van der Waals surface area contributed by atoms with Crippen LogP contribution in [0.4, 0.5) is 4.79 Å². The van der Waals surface area contributed by atoms with E-state index < -0.39 is 0 Å². The van der Waals surface area contributed by atoms with Crippen LogP contribution >= 0.6 is 0 Å². The molecule has 0 saturated heterocycles. The Kier molecular flexibility index (Phi) is 7.08. The molecule has 5 heteroatoms. The molecule has 0 saturated carbocycles. The average Bonchev–Trinajstić information content (AvgIpc) is 2.27. The van der Waals surface area contributed by atoms with Crippen LogP contribution in [0.2, 0.25) is 0 Å². The largest absolute Gasteiger partial charge is 0.396 e. The lowest BCUT2D eigenvalue weighted by Gasteiger charge is -2.26. The smallest absolute Gasteiger partial charge is 0.316 e. The maximum atomic E-state index is 11.2. The molecule has 0 aromatic rings. The number of aliphatic hydroxyl groups excluding tert-OH is 1. The Hall–Kier alpha value is -0.810. The Morgan fingerprint density at radius 3 is 2.44 bits per heavy atom. The third-order valence-corrected chi connectivity index (χ3v) is 2.77. The van der Waals surface area contributed by atoms with Gasteiger partial charge in [0.1, 0.15) is 0 Å². The molecule has 96 valence electrons. The fourth-order valence-electron chi connectivity index (χ4n) is 1.10. The quantitative estimate of drug-likeness (QED) is 0.551. The molecule has 0 aliphatic rings. The molecule has 0 aromatic heterocycles. The molecule has 5 nitrogen and oxygen atoms in total. The molecule has 0 spiro atoms. The predicted molar refractivity (Wildman–Crippen MR) is 65.4 cm³/mol. The summed E-state index contributed by atoms with van der Waals surface area (Å²) in [5, 5.41) is 15.2. The molecule has 0 rings (SSSR count). The topological polar surface area (TPSA) is 64.6 Å². The highest BCUT2D eigenvalue weighted by molar-refractivity contribution is 5.73. The third kappa shape index (κ3) is 5.92. The zero-order valence-electron chi connectivity index (χ0n) is 10.8. The van der Waals surface area contributed by atoms with Crippen molar-refractivity contribution in [3.63, 3.8) is 0 Å². The van der Waals surface area contributed by atoms with E-state index in [1.54, 1.807) is 14.1 Å². The number of amides is 2. The van der Waals surface area contributed by atoms with Gasteiger partial charge in [-0.3, -0.25) is 0 Å². The van der Waals surface area contributed by atoms with Gasteiger partial charge in [-0.25, -0.2) is 4.79 Å². The summed E-state index contributed by atoms with van der Waals surface area (Å²) < 4.78 is 0. The van der Waals surface area contributed by atoms with Crippen molar-refractivity contribution in [2.24, 2.45) is 5.41 Å². The van der Waals surface area contributed by atoms with Gasteiger partial charge in [0.25, 0.3) is 0 Å². The van der Waals surface area contributed by atoms with Crippen molar-refractivity contribution in [3.05, 3.63) is 0 Å². The number of nitrogens with one attached hydrogen (secondary N) is 2. The van der Waals surface area contributed by atoms with Crippen molar-refractivity contribution >= 4 is 6.03 Å². The molecule has 0 bridgehead atoms. The van der Waals surface area contributed by atoms with E-state index in [0.29, 0.717) is 6.54 Å². The molecule has 16 heavy (non-hydrogen) atoms. The molecule has 0 aromatic carbocycles. The van der Waals surface area contributed by atoms with E-state index in [9.17, 15) is 9.90 Å². The molecule has 2 amide bonds. The van der Waals surface area contributed by atoms with Crippen LogP contribution in [0.15, 0.2) is 0 Å². The number of rotatable bonds is 7. The number of aliphatic hydroxyl groups is 1. The number of urea groups is 1. The minimum Gasteiger partial charge on any atom is -0.396 e. The van der Waals surface area contributed by atoms with Crippen molar-refractivity contribution < 1.29 is 9.90 Å². The molecule has 1 unspecified atom stereocenters. The first-order chi connectivity index (χ1) is 7.45. The van der Waals surface area contributed by atoms with Gasteiger partial charge in [0.05, 0.1) is 0 Å². The number of hydrogen-bond acceptors (Lipinski definition) is 3. The summed E-state index contributed by atoms with van der Waals surface area (Å²) >= 11 is 0. The Morgan fingerprint density at radius 1 is 1.38 bits per heavy atom. The van der Waals surface area contributed by atoms with Gasteiger partial charge < -0.3 is 20.6 Å². The van der Waals surface area contributed by atoms with Crippen LogP contribution in [-0.2, 0) is 0 Å². The normalized spacial score (nSPS) is 14.3. The van der Waals surface area contributed by atoms with Crippen LogP contribution in [0.25, 0.3) is 0 Å². The first kappa shape index (κ1) is 15.2. The van der Waals surface area contributed by atoms with Gasteiger partial charge in [0.15, 0.2) is 0 Å². The molecule has 0 radical (unpaired) electrons. The lowest BCUT2D eigenvalue weighted by atomic mass is 9.89. The fourth-order valence-corrected chi connectivity index (χ4v) is 1.10. The van der Waals surface area contributed by atoms with Crippen molar-refractivity contribution in [1.29, 1.82) is 0 Å². The second-order valence-electron chi connectivity index (χ2n) is 4.63. The van der Waals surface area contributed by atoms with E-state index >= 15 is 0 Å². The SMILES string of the molecule is CCC(C)(CO)CNCCNC(=O)N(C)C. The van der Waals surface area contributed by atoms with Gasteiger partial charge in [-0.1, -0.05) is 13.8 Å². The van der Waals surface area contributed by atoms with E-state index in [-0.39, 0.29) is 18.1 Å². The van der Waals surface area contributed by atoms with Gasteiger partial charge >= 0.3 is 6.03 Å². The minimum absolute atomic E-state index is 0.0639. The lowest BCUT2D eigenvalue weighted by molar-refractivity contribution is 0.135. The fraction of sp³-hybridized carbons (Fsp3) is 0.909. The molecule has 0 aliphatic heterocycles. The van der Waals surface area contributed by atoms with Crippen LogP contribution in [0.5, 0.6) is 0 Å². The zero-order chi connectivity index (χ0) is 12.6. The van der Waals surface area contributed by atoms with Crippen molar-refractivity contribution in [1.82, 2.24) is 15.5 Å². The zero-order valence-corrected chi connectivity index (χ0v) is 10.8. The van der Waals surface area contributed by atoms with E-state index in [4.69, 9.17) is 0 Å². The first-order valence-corrected chi connectivity index (χ1v) is 5.72. The Morgan fingerprint density at radius 2 is 2.00 bits per heavy atom. The maximum absolute atomic E-state index is 11.2. The maximum Gasteiger partial charge on any atom is 0.316 e. The number of carbonyl (C=O) groups excluding carboxylic acids is 1. The van der Waals surface area contributed by atoms with Crippen LogP contribution in [0.1, 0.15) is 20.3 Å². The first-order valence-electron chi connectivity index (χ1n) is 5.72. The summed E-state index contributed by atoms with van der Waals surface area (Å²) in [6.45, 7) is 6.36. The van der Waals surface area contributed by atoms with Crippen molar-refractivity contribution in [2.75, 3.05) is 40.3 Å². The average molecular weight is 231 g/mol. The van der Waals surface area contributed by atoms with Gasteiger partial charge in [0.2, 0.25) is 0 Å². The summed E-state index contributed by atoms with van der Waals surface area (Å²) in [6.07, 6.45) is 0.931. The van der Waals surface area contributed by atoms with E-state index in [0.717, 1.165) is 19.5 Å². The highest BCUT2D eigenvalue weighted by Gasteiger charge is 2.19. The third-order valence-electron chi connectivity index (χ3n) is 2.77. The van der Waals surface area contributed by atoms with Crippen LogP contribution in [0, 0.1) is 5.41 Å². The highest BCUT2D eigenvalue weighted by Crippen LogP contribution is 2.17.